The van der Waals surface area contributed by atoms with Crippen molar-refractivity contribution >= 4 is 5.95 Å². The van der Waals surface area contributed by atoms with E-state index in [-0.39, 0.29) is 5.54 Å². The van der Waals surface area contributed by atoms with E-state index in [1.54, 1.807) is 6.20 Å². The molecule has 16 heavy (non-hydrogen) atoms. The van der Waals surface area contributed by atoms with Gasteiger partial charge in [0.15, 0.2) is 0 Å². The van der Waals surface area contributed by atoms with Crippen LogP contribution in [-0.2, 0) is 0 Å². The summed E-state index contributed by atoms with van der Waals surface area (Å²) in [6, 6.07) is 1.88. The second-order valence-corrected chi connectivity index (χ2v) is 5.01. The van der Waals surface area contributed by atoms with Gasteiger partial charge in [-0.25, -0.2) is 9.97 Å². The van der Waals surface area contributed by atoms with Crippen LogP contribution in [0.3, 0.4) is 0 Å². The lowest BCUT2D eigenvalue weighted by Crippen LogP contribution is -2.44. The van der Waals surface area contributed by atoms with Gasteiger partial charge >= 0.3 is 0 Å². The van der Waals surface area contributed by atoms with Crippen LogP contribution in [0, 0.1) is 12.8 Å². The molecular weight excluding hydrogens is 200 g/mol. The molecule has 3 N–H and O–H groups in total. The number of rotatable bonds is 5. The van der Waals surface area contributed by atoms with Crippen LogP contribution in [0.4, 0.5) is 5.95 Å². The van der Waals surface area contributed by atoms with E-state index in [1.165, 1.54) is 0 Å². The first-order valence-corrected chi connectivity index (χ1v) is 5.73. The van der Waals surface area contributed by atoms with E-state index < -0.39 is 0 Å². The van der Waals surface area contributed by atoms with Gasteiger partial charge in [0.1, 0.15) is 0 Å². The van der Waals surface area contributed by atoms with Crippen molar-refractivity contribution in [1.82, 2.24) is 9.97 Å². The van der Waals surface area contributed by atoms with E-state index >= 15 is 0 Å². The number of nitrogens with one attached hydrogen (secondary N) is 1. The molecule has 1 unspecified atom stereocenters. The molecule has 0 aliphatic carbocycles. The van der Waals surface area contributed by atoms with Gasteiger partial charge in [0, 0.05) is 24.0 Å². The van der Waals surface area contributed by atoms with Gasteiger partial charge in [-0.15, -0.1) is 0 Å². The third-order valence-corrected chi connectivity index (χ3v) is 2.52. The first-order valence-electron chi connectivity index (χ1n) is 5.73. The topological polar surface area (TPSA) is 63.8 Å². The molecule has 0 aliphatic rings. The lowest BCUT2D eigenvalue weighted by atomic mass is 9.91. The number of anilines is 1. The van der Waals surface area contributed by atoms with Crippen molar-refractivity contribution in [1.29, 1.82) is 0 Å². The predicted molar refractivity (Wildman–Crippen MR) is 67.3 cm³/mol. The zero-order valence-corrected chi connectivity index (χ0v) is 10.6. The highest BCUT2D eigenvalue weighted by atomic mass is 15.1. The summed E-state index contributed by atoms with van der Waals surface area (Å²) in [7, 11) is 0. The van der Waals surface area contributed by atoms with E-state index in [1.807, 2.05) is 13.0 Å². The Kier molecular flexibility index (Phi) is 4.24. The van der Waals surface area contributed by atoms with Gasteiger partial charge in [-0.2, -0.15) is 0 Å². The van der Waals surface area contributed by atoms with Gasteiger partial charge in [-0.3, -0.25) is 0 Å². The zero-order valence-electron chi connectivity index (χ0n) is 10.6. The summed E-state index contributed by atoms with van der Waals surface area (Å²) in [6.07, 6.45) is 2.76. The van der Waals surface area contributed by atoms with Gasteiger partial charge < -0.3 is 11.1 Å². The fourth-order valence-electron chi connectivity index (χ4n) is 1.87. The highest BCUT2D eigenvalue weighted by molar-refractivity contribution is 5.29. The maximum atomic E-state index is 5.82. The predicted octanol–water partition coefficient (Wildman–Crippen LogP) is 1.96. The van der Waals surface area contributed by atoms with Crippen LogP contribution in [0.1, 0.15) is 32.9 Å². The maximum absolute atomic E-state index is 5.82. The summed E-state index contributed by atoms with van der Waals surface area (Å²) < 4.78 is 0. The monoisotopic (exact) mass is 222 g/mol. The quantitative estimate of drug-likeness (QED) is 0.799. The highest BCUT2D eigenvalue weighted by Crippen LogP contribution is 2.19. The highest BCUT2D eigenvalue weighted by Gasteiger charge is 2.24. The van der Waals surface area contributed by atoms with Crippen molar-refractivity contribution in [3.63, 3.8) is 0 Å². The minimum Gasteiger partial charge on any atom is -0.348 e. The molecule has 0 saturated carbocycles. The summed E-state index contributed by atoms with van der Waals surface area (Å²) >= 11 is 0. The van der Waals surface area contributed by atoms with E-state index in [0.717, 1.165) is 12.1 Å². The van der Waals surface area contributed by atoms with Crippen LogP contribution in [0.5, 0.6) is 0 Å². The van der Waals surface area contributed by atoms with Gasteiger partial charge in [0.2, 0.25) is 5.95 Å². The molecule has 0 aromatic carbocycles. The maximum Gasteiger partial charge on any atom is 0.223 e. The van der Waals surface area contributed by atoms with E-state index in [2.05, 4.69) is 36.1 Å². The summed E-state index contributed by atoms with van der Waals surface area (Å²) in [4.78, 5) is 8.54. The molecule has 0 amide bonds. The molecule has 1 aromatic rings. The SMILES string of the molecule is Cc1ccnc(NC(C)(CN)CC(C)C)n1. The van der Waals surface area contributed by atoms with Crippen molar-refractivity contribution < 1.29 is 0 Å². The minimum absolute atomic E-state index is 0.137. The van der Waals surface area contributed by atoms with E-state index in [0.29, 0.717) is 18.4 Å². The Morgan fingerprint density at radius 2 is 2.19 bits per heavy atom. The van der Waals surface area contributed by atoms with Gasteiger partial charge in [-0.1, -0.05) is 13.8 Å². The average molecular weight is 222 g/mol. The Balaban J connectivity index is 2.76. The lowest BCUT2D eigenvalue weighted by Gasteiger charge is -2.31. The Morgan fingerprint density at radius 3 is 2.69 bits per heavy atom. The molecule has 90 valence electrons. The summed E-state index contributed by atoms with van der Waals surface area (Å²) in [5.74, 6) is 1.25. The van der Waals surface area contributed by atoms with Crippen LogP contribution in [0.15, 0.2) is 12.3 Å². The van der Waals surface area contributed by atoms with Crippen molar-refractivity contribution in [2.45, 2.75) is 39.7 Å². The van der Waals surface area contributed by atoms with Gasteiger partial charge in [0.25, 0.3) is 0 Å². The Hall–Kier alpha value is -1.16. The van der Waals surface area contributed by atoms with Gasteiger partial charge in [0.05, 0.1) is 0 Å². The summed E-state index contributed by atoms with van der Waals surface area (Å²) in [5.41, 5.74) is 6.65. The average Bonchev–Trinajstić information content (AvgIpc) is 2.16. The van der Waals surface area contributed by atoms with Crippen molar-refractivity contribution in [2.75, 3.05) is 11.9 Å². The zero-order chi connectivity index (χ0) is 12.2. The normalized spacial score (nSPS) is 14.9. The Morgan fingerprint density at radius 1 is 1.50 bits per heavy atom. The molecule has 0 radical (unpaired) electrons. The number of nitrogens with two attached hydrogens (primary N) is 1. The molecule has 1 heterocycles. The van der Waals surface area contributed by atoms with Crippen LogP contribution < -0.4 is 11.1 Å². The number of hydrogen-bond donors (Lipinski definition) is 2. The minimum atomic E-state index is -0.137. The standard InChI is InChI=1S/C12H22N4/c1-9(2)7-12(4,8-13)16-11-14-6-5-10(3)15-11/h5-6,9H,7-8,13H2,1-4H3,(H,14,15,16). The first kappa shape index (κ1) is 12.9. The molecule has 0 aliphatic heterocycles. The van der Waals surface area contributed by atoms with E-state index in [9.17, 15) is 0 Å². The second kappa shape index (κ2) is 5.25. The molecule has 0 spiro atoms. The third kappa shape index (κ3) is 3.77. The summed E-state index contributed by atoms with van der Waals surface area (Å²) in [5, 5.41) is 3.33. The van der Waals surface area contributed by atoms with Crippen molar-refractivity contribution in [2.24, 2.45) is 11.7 Å². The van der Waals surface area contributed by atoms with Crippen LogP contribution in [-0.4, -0.2) is 22.1 Å². The molecule has 4 nitrogen and oxygen atoms in total. The number of nitrogens with zero attached hydrogens (tertiary/aromatic N) is 2. The van der Waals surface area contributed by atoms with Crippen LogP contribution in [0.25, 0.3) is 0 Å². The summed E-state index contributed by atoms with van der Waals surface area (Å²) in [6.45, 7) is 9.01. The fourth-order valence-corrected chi connectivity index (χ4v) is 1.87. The number of hydrogen-bond acceptors (Lipinski definition) is 4. The molecule has 1 aromatic heterocycles. The molecule has 0 bridgehead atoms. The van der Waals surface area contributed by atoms with E-state index in [4.69, 9.17) is 5.73 Å². The fraction of sp³-hybridized carbons (Fsp3) is 0.667. The molecule has 1 atom stereocenters. The van der Waals surface area contributed by atoms with Crippen LogP contribution >= 0.6 is 0 Å². The number of aromatic nitrogens is 2. The largest absolute Gasteiger partial charge is 0.348 e. The molecule has 4 heteroatoms. The molecule has 0 saturated heterocycles. The smallest absolute Gasteiger partial charge is 0.223 e. The van der Waals surface area contributed by atoms with Crippen molar-refractivity contribution in [3.05, 3.63) is 18.0 Å². The Labute approximate surface area is 97.7 Å². The molecular formula is C12H22N4. The lowest BCUT2D eigenvalue weighted by molar-refractivity contribution is 0.404. The second-order valence-electron chi connectivity index (χ2n) is 5.01. The molecule has 1 rings (SSSR count). The number of aryl methyl sites for hydroxylation is 1. The molecule has 0 fully saturated rings. The van der Waals surface area contributed by atoms with Crippen molar-refractivity contribution in [3.8, 4) is 0 Å². The third-order valence-electron chi connectivity index (χ3n) is 2.52. The van der Waals surface area contributed by atoms with Gasteiger partial charge in [-0.05, 0) is 32.3 Å². The Bertz CT molecular complexity index is 338. The first-order chi connectivity index (χ1) is 7.45. The van der Waals surface area contributed by atoms with Crippen LogP contribution in [0.2, 0.25) is 0 Å².